The summed E-state index contributed by atoms with van der Waals surface area (Å²) >= 11 is 0. The lowest BCUT2D eigenvalue weighted by molar-refractivity contribution is -0.118. The number of carbonyl (C=O) groups is 1. The minimum Gasteiger partial charge on any atom is -0.312 e. The highest BCUT2D eigenvalue weighted by Gasteiger charge is 2.24. The number of aryl methyl sites for hydroxylation is 1. The van der Waals surface area contributed by atoms with Crippen LogP contribution < -0.4 is 4.90 Å². The first-order chi connectivity index (χ1) is 14.0. The Kier molecular flexibility index (Phi) is 5.49. The number of benzene rings is 2. The third-order valence-corrected chi connectivity index (χ3v) is 5.77. The molecule has 3 aromatic rings. The van der Waals surface area contributed by atoms with Gasteiger partial charge in [-0.15, -0.1) is 0 Å². The number of aromatic nitrogens is 2. The van der Waals surface area contributed by atoms with Crippen LogP contribution in [0.2, 0.25) is 0 Å². The molecule has 1 aromatic heterocycles. The van der Waals surface area contributed by atoms with Crippen molar-refractivity contribution in [3.8, 4) is 5.69 Å². The standard InChI is InChI=1S/C24H28N4O/c1-18-22(19(2)28(25-18)21-10-5-4-6-11-21)17-26(3)15-14-24(29)27-16-13-20-9-7-8-12-23(20)27/h4-12H,13-17H2,1-3H3. The molecule has 2 aromatic carbocycles. The molecule has 2 heterocycles. The fraction of sp³-hybridized carbons (Fsp3) is 0.333. The van der Waals surface area contributed by atoms with Crippen molar-refractivity contribution >= 4 is 11.6 Å². The number of nitrogens with zero attached hydrogens (tertiary/aromatic N) is 4. The average Bonchev–Trinajstić information content (AvgIpc) is 3.29. The Hall–Kier alpha value is -2.92. The predicted octanol–water partition coefficient (Wildman–Crippen LogP) is 3.90. The monoisotopic (exact) mass is 388 g/mol. The maximum atomic E-state index is 12.8. The molecule has 0 atom stereocenters. The Labute approximate surface area is 172 Å². The summed E-state index contributed by atoms with van der Waals surface area (Å²) in [5, 5.41) is 4.73. The molecule has 0 radical (unpaired) electrons. The Morgan fingerprint density at radius 1 is 1.07 bits per heavy atom. The van der Waals surface area contributed by atoms with Gasteiger partial charge >= 0.3 is 0 Å². The topological polar surface area (TPSA) is 41.4 Å². The van der Waals surface area contributed by atoms with E-state index in [0.29, 0.717) is 6.42 Å². The number of amides is 1. The van der Waals surface area contributed by atoms with Crippen LogP contribution in [0.15, 0.2) is 54.6 Å². The second-order valence-electron chi connectivity index (χ2n) is 7.81. The van der Waals surface area contributed by atoms with Gasteiger partial charge in [-0.3, -0.25) is 4.79 Å². The van der Waals surface area contributed by atoms with Gasteiger partial charge in [0.05, 0.1) is 11.4 Å². The highest BCUT2D eigenvalue weighted by Crippen LogP contribution is 2.28. The van der Waals surface area contributed by atoms with Crippen molar-refractivity contribution in [1.29, 1.82) is 0 Å². The van der Waals surface area contributed by atoms with Crippen molar-refractivity contribution in [3.05, 3.63) is 77.1 Å². The summed E-state index contributed by atoms with van der Waals surface area (Å²) in [5.41, 5.74) is 6.85. The summed E-state index contributed by atoms with van der Waals surface area (Å²) < 4.78 is 2.00. The Morgan fingerprint density at radius 3 is 2.59 bits per heavy atom. The van der Waals surface area contributed by atoms with Crippen LogP contribution in [0.5, 0.6) is 0 Å². The molecule has 150 valence electrons. The summed E-state index contributed by atoms with van der Waals surface area (Å²) in [6, 6.07) is 18.4. The number of anilines is 1. The summed E-state index contributed by atoms with van der Waals surface area (Å²) in [5.74, 6) is 0.204. The molecule has 0 saturated carbocycles. The molecule has 0 saturated heterocycles. The van der Waals surface area contributed by atoms with E-state index in [1.54, 1.807) is 0 Å². The van der Waals surface area contributed by atoms with Crippen LogP contribution in [0.25, 0.3) is 5.69 Å². The lowest BCUT2D eigenvalue weighted by Gasteiger charge is -2.21. The first-order valence-electron chi connectivity index (χ1n) is 10.2. The molecule has 0 bridgehead atoms. The van der Waals surface area contributed by atoms with Gasteiger partial charge in [0.1, 0.15) is 0 Å². The molecule has 5 heteroatoms. The minimum absolute atomic E-state index is 0.204. The van der Waals surface area contributed by atoms with Crippen molar-refractivity contribution in [2.75, 3.05) is 25.0 Å². The van der Waals surface area contributed by atoms with Crippen LogP contribution in [-0.2, 0) is 17.8 Å². The van der Waals surface area contributed by atoms with E-state index in [-0.39, 0.29) is 5.91 Å². The van der Waals surface area contributed by atoms with Crippen LogP contribution in [0.3, 0.4) is 0 Å². The molecule has 0 fully saturated rings. The molecule has 0 N–H and O–H groups in total. The van der Waals surface area contributed by atoms with Crippen molar-refractivity contribution in [2.24, 2.45) is 0 Å². The highest BCUT2D eigenvalue weighted by molar-refractivity contribution is 5.95. The van der Waals surface area contributed by atoms with Gasteiger partial charge in [-0.1, -0.05) is 36.4 Å². The normalized spacial score (nSPS) is 13.2. The van der Waals surface area contributed by atoms with Crippen molar-refractivity contribution < 1.29 is 4.79 Å². The largest absolute Gasteiger partial charge is 0.312 e. The van der Waals surface area contributed by atoms with Gasteiger partial charge in [-0.25, -0.2) is 4.68 Å². The Balaban J connectivity index is 1.39. The number of hydrogen-bond acceptors (Lipinski definition) is 3. The molecule has 4 rings (SSSR count). The van der Waals surface area contributed by atoms with E-state index in [9.17, 15) is 4.79 Å². The maximum absolute atomic E-state index is 12.8. The zero-order valence-electron chi connectivity index (χ0n) is 17.4. The predicted molar refractivity (Wildman–Crippen MR) is 116 cm³/mol. The minimum atomic E-state index is 0.204. The van der Waals surface area contributed by atoms with E-state index >= 15 is 0 Å². The lowest BCUT2D eigenvalue weighted by Crippen LogP contribution is -2.32. The average molecular weight is 389 g/mol. The molecule has 5 nitrogen and oxygen atoms in total. The molecular formula is C24H28N4O. The van der Waals surface area contributed by atoms with E-state index < -0.39 is 0 Å². The van der Waals surface area contributed by atoms with E-state index in [1.807, 2.05) is 39.9 Å². The summed E-state index contributed by atoms with van der Waals surface area (Å²) in [6.07, 6.45) is 1.48. The second-order valence-corrected chi connectivity index (χ2v) is 7.81. The number of carbonyl (C=O) groups excluding carboxylic acids is 1. The maximum Gasteiger partial charge on any atom is 0.228 e. The molecule has 1 aliphatic heterocycles. The van der Waals surface area contributed by atoms with Crippen LogP contribution in [0.4, 0.5) is 5.69 Å². The van der Waals surface area contributed by atoms with Crippen LogP contribution in [0.1, 0.15) is 28.9 Å². The molecule has 29 heavy (non-hydrogen) atoms. The molecule has 0 spiro atoms. The first kappa shape index (κ1) is 19.4. The Morgan fingerprint density at radius 2 is 1.79 bits per heavy atom. The third-order valence-electron chi connectivity index (χ3n) is 5.77. The van der Waals surface area contributed by atoms with Gasteiger partial charge in [0.25, 0.3) is 0 Å². The molecule has 0 aliphatic carbocycles. The number of fused-ring (bicyclic) bond motifs is 1. The van der Waals surface area contributed by atoms with Gasteiger partial charge in [0.2, 0.25) is 5.91 Å². The SMILES string of the molecule is Cc1nn(-c2ccccc2)c(C)c1CN(C)CCC(=O)N1CCc2ccccc21. The first-order valence-corrected chi connectivity index (χ1v) is 10.2. The zero-order chi connectivity index (χ0) is 20.4. The third kappa shape index (κ3) is 3.96. The van der Waals surface area contributed by atoms with Gasteiger partial charge in [-0.05, 0) is 51.1 Å². The summed E-state index contributed by atoms with van der Waals surface area (Å²) in [7, 11) is 2.07. The number of para-hydroxylation sites is 2. The van der Waals surface area contributed by atoms with Crippen molar-refractivity contribution in [3.63, 3.8) is 0 Å². The molecule has 1 amide bonds. The fourth-order valence-corrected chi connectivity index (χ4v) is 4.09. The summed E-state index contributed by atoms with van der Waals surface area (Å²) in [6.45, 7) is 6.48. The zero-order valence-corrected chi connectivity index (χ0v) is 17.4. The number of rotatable bonds is 6. The highest BCUT2D eigenvalue weighted by atomic mass is 16.2. The van der Waals surface area contributed by atoms with Gasteiger partial charge in [0.15, 0.2) is 0 Å². The Bertz CT molecular complexity index is 1010. The van der Waals surface area contributed by atoms with E-state index in [1.165, 1.54) is 11.1 Å². The van der Waals surface area contributed by atoms with Gasteiger partial charge in [0, 0.05) is 43.0 Å². The van der Waals surface area contributed by atoms with Crippen LogP contribution in [0, 0.1) is 13.8 Å². The molecule has 1 aliphatic rings. The molecule has 0 unspecified atom stereocenters. The van der Waals surface area contributed by atoms with E-state index in [2.05, 4.69) is 50.1 Å². The van der Waals surface area contributed by atoms with Gasteiger partial charge < -0.3 is 9.80 Å². The quantitative estimate of drug-likeness (QED) is 0.643. The molecular weight excluding hydrogens is 360 g/mol. The van der Waals surface area contributed by atoms with Crippen LogP contribution in [-0.4, -0.2) is 40.7 Å². The van der Waals surface area contributed by atoms with E-state index in [0.717, 1.165) is 48.8 Å². The lowest BCUT2D eigenvalue weighted by atomic mass is 10.1. The van der Waals surface area contributed by atoms with E-state index in [4.69, 9.17) is 5.10 Å². The van der Waals surface area contributed by atoms with Crippen LogP contribution >= 0.6 is 0 Å². The second kappa shape index (κ2) is 8.21. The smallest absolute Gasteiger partial charge is 0.228 e. The number of hydrogen-bond donors (Lipinski definition) is 0. The summed E-state index contributed by atoms with van der Waals surface area (Å²) in [4.78, 5) is 16.9. The fourth-order valence-electron chi connectivity index (χ4n) is 4.09. The van der Waals surface area contributed by atoms with Crippen molar-refractivity contribution in [1.82, 2.24) is 14.7 Å². The van der Waals surface area contributed by atoms with Crippen molar-refractivity contribution in [2.45, 2.75) is 33.2 Å². The van der Waals surface area contributed by atoms with Gasteiger partial charge in [-0.2, -0.15) is 5.10 Å².